The lowest BCUT2D eigenvalue weighted by atomic mass is 10.1. The maximum atomic E-state index is 9.83. The van der Waals surface area contributed by atoms with Crippen LogP contribution in [0, 0.1) is 5.92 Å². The highest BCUT2D eigenvalue weighted by atomic mass is 35.5. The van der Waals surface area contributed by atoms with E-state index in [9.17, 15) is 5.11 Å². The van der Waals surface area contributed by atoms with E-state index in [1.807, 2.05) is 13.8 Å². The highest BCUT2D eigenvalue weighted by Gasteiger charge is 2.13. The lowest BCUT2D eigenvalue weighted by Gasteiger charge is -2.21. The summed E-state index contributed by atoms with van der Waals surface area (Å²) in [5.41, 5.74) is 0. The minimum absolute atomic E-state index is 0.115. The Bertz CT molecular complexity index is 417. The van der Waals surface area contributed by atoms with Crippen LogP contribution in [0.1, 0.15) is 13.8 Å². The van der Waals surface area contributed by atoms with E-state index in [1.54, 1.807) is 18.2 Å². The fraction of sp³-hybridized carbons (Fsp3) is 0.571. The fourth-order valence-corrected chi connectivity index (χ4v) is 1.79. The molecule has 1 aromatic carbocycles. The lowest BCUT2D eigenvalue weighted by molar-refractivity contribution is 0.0992. The summed E-state index contributed by atoms with van der Waals surface area (Å²) in [6, 6.07) is 5.08. The zero-order valence-electron chi connectivity index (χ0n) is 11.6. The van der Waals surface area contributed by atoms with Crippen molar-refractivity contribution in [2.45, 2.75) is 26.0 Å². The van der Waals surface area contributed by atoms with E-state index >= 15 is 0 Å². The summed E-state index contributed by atoms with van der Waals surface area (Å²) >= 11 is 11.7. The average molecular weight is 322 g/mol. The van der Waals surface area contributed by atoms with Gasteiger partial charge in [0.05, 0.1) is 10.0 Å². The zero-order chi connectivity index (χ0) is 15.1. The Morgan fingerprint density at radius 2 is 1.95 bits per heavy atom. The van der Waals surface area contributed by atoms with Gasteiger partial charge in [-0.3, -0.25) is 0 Å². The molecule has 0 aliphatic carbocycles. The van der Waals surface area contributed by atoms with Crippen LogP contribution in [-0.2, 0) is 0 Å². The number of ether oxygens (including phenoxy) is 1. The molecule has 1 rings (SSSR count). The van der Waals surface area contributed by atoms with Gasteiger partial charge in [0, 0.05) is 25.3 Å². The van der Waals surface area contributed by atoms with Crippen LogP contribution in [0.25, 0.3) is 0 Å². The van der Waals surface area contributed by atoms with Crippen LogP contribution in [0.2, 0.25) is 10.0 Å². The van der Waals surface area contributed by atoms with Gasteiger partial charge in [-0.25, -0.2) is 0 Å². The highest BCUT2D eigenvalue weighted by molar-refractivity contribution is 6.42. The number of nitrogens with one attached hydrogen (secondary N) is 1. The summed E-state index contributed by atoms with van der Waals surface area (Å²) in [6.45, 7) is 4.58. The van der Waals surface area contributed by atoms with Crippen molar-refractivity contribution in [1.29, 1.82) is 0 Å². The number of benzene rings is 1. The molecule has 0 aliphatic rings. The van der Waals surface area contributed by atoms with Gasteiger partial charge >= 0.3 is 0 Å². The maximum Gasteiger partial charge on any atom is 0.121 e. The van der Waals surface area contributed by atoms with Crippen molar-refractivity contribution in [1.82, 2.24) is 5.32 Å². The summed E-state index contributed by atoms with van der Waals surface area (Å²) in [7, 11) is 0. The average Bonchev–Trinajstić information content (AvgIpc) is 2.45. The summed E-state index contributed by atoms with van der Waals surface area (Å²) in [5, 5.41) is 22.9. The third-order valence-electron chi connectivity index (χ3n) is 3.15. The van der Waals surface area contributed by atoms with Crippen LogP contribution < -0.4 is 10.1 Å². The molecule has 0 saturated carbocycles. The van der Waals surface area contributed by atoms with E-state index in [4.69, 9.17) is 33.0 Å². The molecule has 1 aromatic rings. The van der Waals surface area contributed by atoms with Crippen LogP contribution >= 0.6 is 23.2 Å². The maximum absolute atomic E-state index is 9.83. The molecule has 0 radical (unpaired) electrons. The monoisotopic (exact) mass is 321 g/mol. The van der Waals surface area contributed by atoms with Crippen molar-refractivity contribution in [2.75, 3.05) is 19.8 Å². The predicted molar refractivity (Wildman–Crippen MR) is 81.7 cm³/mol. The quantitative estimate of drug-likeness (QED) is 0.687. The molecule has 20 heavy (non-hydrogen) atoms. The summed E-state index contributed by atoms with van der Waals surface area (Å²) in [4.78, 5) is 0. The number of hydrogen-bond donors (Lipinski definition) is 3. The van der Waals surface area contributed by atoms with E-state index in [0.29, 0.717) is 22.3 Å². The van der Waals surface area contributed by atoms with Crippen molar-refractivity contribution in [2.24, 2.45) is 5.92 Å². The van der Waals surface area contributed by atoms with Gasteiger partial charge in [-0.05, 0) is 25.0 Å². The molecule has 3 N–H and O–H groups in total. The Morgan fingerprint density at radius 3 is 2.55 bits per heavy atom. The van der Waals surface area contributed by atoms with Crippen LogP contribution in [-0.4, -0.2) is 42.1 Å². The van der Waals surface area contributed by atoms with Gasteiger partial charge in [0.25, 0.3) is 0 Å². The molecule has 0 aliphatic heterocycles. The predicted octanol–water partition coefficient (Wildman–Crippen LogP) is 2.34. The van der Waals surface area contributed by atoms with E-state index in [-0.39, 0.29) is 25.2 Å². The molecular weight excluding hydrogens is 301 g/mol. The van der Waals surface area contributed by atoms with Gasteiger partial charge in [-0.15, -0.1) is 0 Å². The van der Waals surface area contributed by atoms with Crippen molar-refractivity contribution in [3.05, 3.63) is 28.2 Å². The lowest BCUT2D eigenvalue weighted by Crippen LogP contribution is -2.40. The molecule has 0 bridgehead atoms. The van der Waals surface area contributed by atoms with Crippen LogP contribution in [0.5, 0.6) is 5.75 Å². The summed E-state index contributed by atoms with van der Waals surface area (Å²) < 4.78 is 5.44. The number of aliphatic hydroxyl groups is 2. The molecule has 114 valence electrons. The van der Waals surface area contributed by atoms with Crippen LogP contribution in [0.3, 0.4) is 0 Å². The van der Waals surface area contributed by atoms with Crippen molar-refractivity contribution in [3.63, 3.8) is 0 Å². The minimum atomic E-state index is -0.641. The number of aliphatic hydroxyl groups excluding tert-OH is 2. The second-order valence-corrected chi connectivity index (χ2v) is 5.71. The van der Waals surface area contributed by atoms with Gasteiger partial charge in [-0.2, -0.15) is 0 Å². The van der Waals surface area contributed by atoms with Crippen molar-refractivity contribution < 1.29 is 14.9 Å². The number of hydrogen-bond acceptors (Lipinski definition) is 4. The molecular formula is C14H21Cl2NO3. The SMILES string of the molecule is CC(CO)C(C)NCC(O)COc1ccc(Cl)c(Cl)c1. The Morgan fingerprint density at radius 1 is 1.25 bits per heavy atom. The third kappa shape index (κ3) is 5.85. The van der Waals surface area contributed by atoms with Crippen LogP contribution in [0.15, 0.2) is 18.2 Å². The van der Waals surface area contributed by atoms with Gasteiger partial charge in [0.1, 0.15) is 18.5 Å². The minimum Gasteiger partial charge on any atom is -0.491 e. The Hall–Kier alpha value is -0.520. The second kappa shape index (κ2) is 8.70. The molecule has 0 saturated heterocycles. The van der Waals surface area contributed by atoms with Gasteiger partial charge in [0.15, 0.2) is 0 Å². The third-order valence-corrected chi connectivity index (χ3v) is 3.89. The van der Waals surface area contributed by atoms with Gasteiger partial charge < -0.3 is 20.3 Å². The van der Waals surface area contributed by atoms with Crippen LogP contribution in [0.4, 0.5) is 0 Å². The van der Waals surface area contributed by atoms with Gasteiger partial charge in [0.2, 0.25) is 0 Å². The van der Waals surface area contributed by atoms with Crippen molar-refractivity contribution in [3.8, 4) is 5.75 Å². The number of rotatable bonds is 8. The number of halogens is 2. The molecule has 3 unspecified atom stereocenters. The van der Waals surface area contributed by atoms with E-state index in [0.717, 1.165) is 0 Å². The Balaban J connectivity index is 2.32. The normalized spacial score (nSPS) is 15.7. The van der Waals surface area contributed by atoms with E-state index < -0.39 is 6.10 Å². The first kappa shape index (κ1) is 17.5. The summed E-state index contributed by atoms with van der Waals surface area (Å²) in [6.07, 6.45) is -0.641. The molecule has 0 aromatic heterocycles. The smallest absolute Gasteiger partial charge is 0.121 e. The molecule has 0 heterocycles. The largest absolute Gasteiger partial charge is 0.491 e. The summed E-state index contributed by atoms with van der Waals surface area (Å²) in [5.74, 6) is 0.702. The molecule has 3 atom stereocenters. The van der Waals surface area contributed by atoms with E-state index in [2.05, 4.69) is 5.32 Å². The molecule has 0 fully saturated rings. The highest BCUT2D eigenvalue weighted by Crippen LogP contribution is 2.26. The Kier molecular flexibility index (Phi) is 7.62. The molecule has 0 amide bonds. The second-order valence-electron chi connectivity index (χ2n) is 4.90. The first-order valence-corrected chi connectivity index (χ1v) is 7.29. The topological polar surface area (TPSA) is 61.7 Å². The standard InChI is InChI=1S/C14H21Cl2NO3/c1-9(7-18)10(2)17-6-11(19)8-20-12-3-4-13(15)14(16)5-12/h3-5,9-11,17-19H,6-8H2,1-2H3. The van der Waals surface area contributed by atoms with Crippen molar-refractivity contribution >= 4 is 23.2 Å². The first-order valence-electron chi connectivity index (χ1n) is 6.54. The van der Waals surface area contributed by atoms with Gasteiger partial charge in [-0.1, -0.05) is 30.1 Å². The Labute approximate surface area is 129 Å². The fourth-order valence-electron chi connectivity index (χ4n) is 1.50. The van der Waals surface area contributed by atoms with E-state index in [1.165, 1.54) is 0 Å². The molecule has 6 heteroatoms. The zero-order valence-corrected chi connectivity index (χ0v) is 13.2. The first-order chi connectivity index (χ1) is 9.43. The molecule has 0 spiro atoms. The molecule has 4 nitrogen and oxygen atoms in total.